The van der Waals surface area contributed by atoms with Crippen molar-refractivity contribution in [2.24, 2.45) is 0 Å². The van der Waals surface area contributed by atoms with Crippen LogP contribution in [0.15, 0.2) is 105 Å². The lowest BCUT2D eigenvalue weighted by molar-refractivity contribution is -0.114. The third-order valence-electron chi connectivity index (χ3n) is 5.89. The number of dihydropyridines is 1. The summed E-state index contributed by atoms with van der Waals surface area (Å²) in [6, 6.07) is 26.7. The van der Waals surface area contributed by atoms with Crippen LogP contribution in [0.25, 0.3) is 0 Å². The van der Waals surface area contributed by atoms with Gasteiger partial charge < -0.3 is 16.0 Å². The van der Waals surface area contributed by atoms with Crippen LogP contribution in [0.4, 0.5) is 11.4 Å². The molecule has 0 radical (unpaired) electrons. The van der Waals surface area contributed by atoms with Crippen LogP contribution in [0.1, 0.15) is 24.0 Å². The molecule has 0 fully saturated rings. The lowest BCUT2D eigenvalue weighted by Crippen LogP contribution is -2.31. The van der Waals surface area contributed by atoms with Crippen molar-refractivity contribution >= 4 is 50.9 Å². The van der Waals surface area contributed by atoms with Gasteiger partial charge in [-0.1, -0.05) is 76.2 Å². The average molecular weight is 574 g/mol. The molecule has 1 atom stereocenters. The summed E-state index contributed by atoms with van der Waals surface area (Å²) in [5.41, 5.74) is 4.67. The Morgan fingerprint density at radius 2 is 1.65 bits per heavy atom. The summed E-state index contributed by atoms with van der Waals surface area (Å²) in [5, 5.41) is 19.9. The first-order valence-corrected chi connectivity index (χ1v) is 13.4. The van der Waals surface area contributed by atoms with Crippen LogP contribution in [0, 0.1) is 18.3 Å². The number of nitrogens with zero attached hydrogens (tertiary/aromatic N) is 1. The first-order valence-electron chi connectivity index (χ1n) is 11.6. The molecular formula is C29H25BrN4O2S. The molecule has 3 N–H and O–H groups in total. The van der Waals surface area contributed by atoms with Crippen molar-refractivity contribution in [2.75, 3.05) is 16.4 Å². The van der Waals surface area contributed by atoms with Crippen LogP contribution in [-0.4, -0.2) is 17.6 Å². The van der Waals surface area contributed by atoms with Gasteiger partial charge in [-0.3, -0.25) is 9.59 Å². The largest absolute Gasteiger partial charge is 0.353 e. The molecule has 2 amide bonds. The van der Waals surface area contributed by atoms with E-state index < -0.39 is 5.92 Å². The van der Waals surface area contributed by atoms with Gasteiger partial charge >= 0.3 is 0 Å². The first kappa shape index (κ1) is 26.3. The van der Waals surface area contributed by atoms with Crippen LogP contribution in [0.2, 0.25) is 0 Å². The number of hydrogen-bond acceptors (Lipinski definition) is 5. The molecule has 186 valence electrons. The van der Waals surface area contributed by atoms with E-state index in [1.54, 1.807) is 0 Å². The van der Waals surface area contributed by atoms with Crippen molar-refractivity contribution in [1.82, 2.24) is 5.32 Å². The molecule has 3 aromatic carbocycles. The SMILES string of the molecule is CC1=C(C(=O)Nc2ccccc2C)[C@@H](c2ccccc2)C(C#N)=C(SCC(=O)Nc2ccc(Br)cc2)N1. The molecule has 0 aliphatic carbocycles. The molecular weight excluding hydrogens is 548 g/mol. The number of anilines is 2. The molecule has 6 nitrogen and oxygen atoms in total. The van der Waals surface area contributed by atoms with Crippen LogP contribution in [-0.2, 0) is 9.59 Å². The van der Waals surface area contributed by atoms with Gasteiger partial charge in [0.1, 0.15) is 0 Å². The van der Waals surface area contributed by atoms with Crippen molar-refractivity contribution < 1.29 is 9.59 Å². The number of carbonyl (C=O) groups is 2. The number of hydrogen-bond donors (Lipinski definition) is 3. The van der Waals surface area contributed by atoms with Crippen LogP contribution in [0.3, 0.4) is 0 Å². The van der Waals surface area contributed by atoms with Gasteiger partial charge in [-0.05, 0) is 55.3 Å². The van der Waals surface area contributed by atoms with Crippen molar-refractivity contribution in [3.63, 3.8) is 0 Å². The number of allylic oxidation sites excluding steroid dienone is 2. The van der Waals surface area contributed by atoms with Gasteiger partial charge in [-0.25, -0.2) is 0 Å². The molecule has 0 unspecified atom stereocenters. The Morgan fingerprint density at radius 1 is 0.973 bits per heavy atom. The highest BCUT2D eigenvalue weighted by molar-refractivity contribution is 9.10. The van der Waals surface area contributed by atoms with Crippen LogP contribution < -0.4 is 16.0 Å². The monoisotopic (exact) mass is 572 g/mol. The topological polar surface area (TPSA) is 94.0 Å². The maximum atomic E-state index is 13.6. The summed E-state index contributed by atoms with van der Waals surface area (Å²) < 4.78 is 0.923. The second-order valence-corrected chi connectivity index (χ2v) is 10.4. The number of rotatable bonds is 7. The second kappa shape index (κ2) is 12.0. The fraction of sp³-hybridized carbons (Fsp3) is 0.138. The minimum Gasteiger partial charge on any atom is -0.353 e. The molecule has 1 aliphatic rings. The van der Waals surface area contributed by atoms with E-state index in [0.29, 0.717) is 33.2 Å². The van der Waals surface area contributed by atoms with Crippen molar-refractivity contribution in [2.45, 2.75) is 19.8 Å². The van der Waals surface area contributed by atoms with Crippen LogP contribution in [0.5, 0.6) is 0 Å². The number of halogens is 1. The standard InChI is InChI=1S/C29H25BrN4O2S/c1-18-8-6-7-11-24(18)34-28(36)26-19(2)32-29(23(16-31)27(26)20-9-4-3-5-10-20)37-17-25(35)33-22-14-12-21(30)13-15-22/h3-15,27,32H,17H2,1-2H3,(H,33,35)(H,34,36)/t27-/m0/s1. The Morgan fingerprint density at radius 3 is 2.32 bits per heavy atom. The van der Waals surface area contributed by atoms with Crippen molar-refractivity contribution in [1.29, 1.82) is 5.26 Å². The normalized spacial score (nSPS) is 15.0. The fourth-order valence-corrected chi connectivity index (χ4v) is 5.23. The number of benzene rings is 3. The van der Waals surface area contributed by atoms with Gasteiger partial charge in [-0.2, -0.15) is 5.26 Å². The summed E-state index contributed by atoms with van der Waals surface area (Å²) in [7, 11) is 0. The predicted molar refractivity (Wildman–Crippen MR) is 153 cm³/mol. The van der Waals surface area contributed by atoms with Crippen LogP contribution >= 0.6 is 27.7 Å². The Labute approximate surface area is 229 Å². The van der Waals surface area contributed by atoms with E-state index in [1.807, 2.05) is 92.7 Å². The zero-order chi connectivity index (χ0) is 26.4. The number of para-hydroxylation sites is 1. The molecule has 0 saturated carbocycles. The number of nitriles is 1. The summed E-state index contributed by atoms with van der Waals surface area (Å²) >= 11 is 4.62. The van der Waals surface area contributed by atoms with E-state index in [2.05, 4.69) is 37.9 Å². The van der Waals surface area contributed by atoms with Gasteiger partial charge in [0, 0.05) is 27.1 Å². The van der Waals surface area contributed by atoms with E-state index in [1.165, 1.54) is 11.8 Å². The first-order chi connectivity index (χ1) is 17.9. The highest BCUT2D eigenvalue weighted by Gasteiger charge is 2.34. The summed E-state index contributed by atoms with van der Waals surface area (Å²) in [5.74, 6) is -0.949. The highest BCUT2D eigenvalue weighted by atomic mass is 79.9. The molecule has 1 heterocycles. The minimum absolute atomic E-state index is 0.100. The van der Waals surface area contributed by atoms with E-state index >= 15 is 0 Å². The fourth-order valence-electron chi connectivity index (χ4n) is 4.08. The van der Waals surface area contributed by atoms with E-state index in [-0.39, 0.29) is 17.6 Å². The predicted octanol–water partition coefficient (Wildman–Crippen LogP) is 6.46. The van der Waals surface area contributed by atoms with Gasteiger partial charge in [-0.15, -0.1) is 0 Å². The molecule has 1 aliphatic heterocycles. The maximum Gasteiger partial charge on any atom is 0.254 e. The second-order valence-electron chi connectivity index (χ2n) is 8.47. The molecule has 4 rings (SSSR count). The summed E-state index contributed by atoms with van der Waals surface area (Å²) in [6.07, 6.45) is 0. The highest BCUT2D eigenvalue weighted by Crippen LogP contribution is 2.41. The van der Waals surface area contributed by atoms with Gasteiger partial charge in [0.2, 0.25) is 5.91 Å². The lowest BCUT2D eigenvalue weighted by atomic mass is 9.82. The van der Waals surface area contributed by atoms with Gasteiger partial charge in [0.25, 0.3) is 5.91 Å². The van der Waals surface area contributed by atoms with E-state index in [9.17, 15) is 14.9 Å². The smallest absolute Gasteiger partial charge is 0.254 e. The Balaban J connectivity index is 1.61. The number of thioether (sulfide) groups is 1. The average Bonchev–Trinajstić information content (AvgIpc) is 2.90. The number of amides is 2. The van der Waals surface area contributed by atoms with Crippen molar-refractivity contribution in [3.8, 4) is 6.07 Å². The molecule has 3 aromatic rings. The third-order valence-corrected chi connectivity index (χ3v) is 7.44. The van der Waals surface area contributed by atoms with Gasteiger partial charge in [0.05, 0.1) is 28.3 Å². The lowest BCUT2D eigenvalue weighted by Gasteiger charge is -2.30. The Kier molecular flexibility index (Phi) is 8.49. The molecule has 0 spiro atoms. The third kappa shape index (κ3) is 6.31. The molecule has 8 heteroatoms. The van der Waals surface area contributed by atoms with Gasteiger partial charge in [0.15, 0.2) is 0 Å². The van der Waals surface area contributed by atoms with E-state index in [0.717, 1.165) is 15.6 Å². The number of aryl methyl sites for hydroxylation is 1. The van der Waals surface area contributed by atoms with Crippen molar-refractivity contribution in [3.05, 3.63) is 116 Å². The molecule has 37 heavy (non-hydrogen) atoms. The summed E-state index contributed by atoms with van der Waals surface area (Å²) in [6.45, 7) is 3.75. The molecule has 0 saturated heterocycles. The maximum absolute atomic E-state index is 13.6. The zero-order valence-corrected chi connectivity index (χ0v) is 22.7. The number of carbonyl (C=O) groups excluding carboxylic acids is 2. The molecule has 0 aromatic heterocycles. The van der Waals surface area contributed by atoms with E-state index in [4.69, 9.17) is 0 Å². The Hall–Kier alpha value is -3.80. The molecule has 0 bridgehead atoms. The quantitative estimate of drug-likeness (QED) is 0.302. The minimum atomic E-state index is -0.575. The number of nitrogens with one attached hydrogen (secondary N) is 3. The Bertz CT molecular complexity index is 1430. The summed E-state index contributed by atoms with van der Waals surface area (Å²) in [4.78, 5) is 26.2. The zero-order valence-electron chi connectivity index (χ0n) is 20.3.